The minimum atomic E-state index is 0.0273. The van der Waals surface area contributed by atoms with Crippen molar-refractivity contribution in [1.29, 1.82) is 0 Å². The second-order valence-electron chi connectivity index (χ2n) is 6.22. The molecule has 1 aromatic rings. The van der Waals surface area contributed by atoms with Crippen molar-refractivity contribution in [2.24, 2.45) is 5.41 Å². The van der Waals surface area contributed by atoms with E-state index in [1.54, 1.807) is 0 Å². The molecule has 3 rings (SSSR count). The van der Waals surface area contributed by atoms with Crippen molar-refractivity contribution < 1.29 is 9.53 Å². The lowest BCUT2D eigenvalue weighted by molar-refractivity contribution is 0.0922. The molecule has 0 aromatic heterocycles. The van der Waals surface area contributed by atoms with Crippen LogP contribution in [0, 0.1) is 5.41 Å². The van der Waals surface area contributed by atoms with Crippen LogP contribution in [0.25, 0.3) is 0 Å². The van der Waals surface area contributed by atoms with Gasteiger partial charge < -0.3 is 15.4 Å². The number of carbonyl (C=O) groups excluding carboxylic acids is 1. The standard InChI is InChI=1S/C16H22N2O2/c1-16(4-6-17-7-5-16)11-18-15(19)12-2-3-13-9-20-10-14(13)8-12/h2-3,8,17H,4-7,9-11H2,1H3,(H,18,19). The summed E-state index contributed by atoms with van der Waals surface area (Å²) < 4.78 is 5.38. The molecule has 2 aliphatic heterocycles. The van der Waals surface area contributed by atoms with E-state index in [4.69, 9.17) is 4.74 Å². The lowest BCUT2D eigenvalue weighted by Crippen LogP contribution is -2.42. The number of hydrogen-bond donors (Lipinski definition) is 2. The summed E-state index contributed by atoms with van der Waals surface area (Å²) in [4.78, 5) is 12.3. The van der Waals surface area contributed by atoms with Gasteiger partial charge in [-0.15, -0.1) is 0 Å². The van der Waals surface area contributed by atoms with Crippen molar-refractivity contribution in [2.45, 2.75) is 33.0 Å². The zero-order valence-corrected chi connectivity index (χ0v) is 12.0. The van der Waals surface area contributed by atoms with Crippen LogP contribution in [0.3, 0.4) is 0 Å². The van der Waals surface area contributed by atoms with Gasteiger partial charge in [0, 0.05) is 12.1 Å². The highest BCUT2D eigenvalue weighted by Crippen LogP contribution is 2.27. The SMILES string of the molecule is CC1(CNC(=O)c2ccc3c(c2)COC3)CCNCC1. The number of rotatable bonds is 3. The molecule has 2 N–H and O–H groups in total. The Morgan fingerprint density at radius 2 is 2.05 bits per heavy atom. The maximum Gasteiger partial charge on any atom is 0.251 e. The molecule has 1 fully saturated rings. The van der Waals surface area contributed by atoms with Gasteiger partial charge in [0.05, 0.1) is 13.2 Å². The summed E-state index contributed by atoms with van der Waals surface area (Å²) in [6.07, 6.45) is 2.23. The van der Waals surface area contributed by atoms with E-state index in [2.05, 4.69) is 17.6 Å². The van der Waals surface area contributed by atoms with E-state index >= 15 is 0 Å². The summed E-state index contributed by atoms with van der Waals surface area (Å²) >= 11 is 0. The fourth-order valence-electron chi connectivity index (χ4n) is 2.92. The molecule has 108 valence electrons. The van der Waals surface area contributed by atoms with E-state index in [1.807, 2.05) is 18.2 Å². The Morgan fingerprint density at radius 1 is 1.30 bits per heavy atom. The second kappa shape index (κ2) is 5.54. The third-order valence-electron chi connectivity index (χ3n) is 4.47. The van der Waals surface area contributed by atoms with Crippen LogP contribution < -0.4 is 10.6 Å². The molecule has 1 aromatic carbocycles. The fraction of sp³-hybridized carbons (Fsp3) is 0.562. The topological polar surface area (TPSA) is 50.4 Å². The molecule has 0 atom stereocenters. The second-order valence-corrected chi connectivity index (χ2v) is 6.22. The Hall–Kier alpha value is -1.39. The van der Waals surface area contributed by atoms with Crippen molar-refractivity contribution in [2.75, 3.05) is 19.6 Å². The Labute approximate surface area is 119 Å². The van der Waals surface area contributed by atoms with E-state index in [9.17, 15) is 4.79 Å². The lowest BCUT2D eigenvalue weighted by Gasteiger charge is -2.34. The summed E-state index contributed by atoms with van der Waals surface area (Å²) in [5.74, 6) is 0.0273. The normalized spacial score (nSPS) is 20.4. The lowest BCUT2D eigenvalue weighted by atomic mass is 9.81. The highest BCUT2D eigenvalue weighted by molar-refractivity contribution is 5.94. The Balaban J connectivity index is 1.61. The average Bonchev–Trinajstić information content (AvgIpc) is 2.93. The van der Waals surface area contributed by atoms with Gasteiger partial charge in [-0.25, -0.2) is 0 Å². The van der Waals surface area contributed by atoms with Crippen molar-refractivity contribution in [3.8, 4) is 0 Å². The monoisotopic (exact) mass is 274 g/mol. The molecule has 0 unspecified atom stereocenters. The molecular weight excluding hydrogens is 252 g/mol. The van der Waals surface area contributed by atoms with Crippen LogP contribution in [0.2, 0.25) is 0 Å². The minimum absolute atomic E-state index is 0.0273. The van der Waals surface area contributed by atoms with E-state index in [0.29, 0.717) is 13.2 Å². The van der Waals surface area contributed by atoms with E-state index in [1.165, 1.54) is 5.56 Å². The highest BCUT2D eigenvalue weighted by atomic mass is 16.5. The largest absolute Gasteiger partial charge is 0.372 e. The van der Waals surface area contributed by atoms with Gasteiger partial charge in [-0.1, -0.05) is 13.0 Å². The van der Waals surface area contributed by atoms with Gasteiger partial charge >= 0.3 is 0 Å². The van der Waals surface area contributed by atoms with Crippen molar-refractivity contribution in [3.63, 3.8) is 0 Å². The minimum Gasteiger partial charge on any atom is -0.372 e. The Morgan fingerprint density at radius 3 is 2.85 bits per heavy atom. The van der Waals surface area contributed by atoms with E-state index in [-0.39, 0.29) is 11.3 Å². The number of benzene rings is 1. The molecule has 0 saturated carbocycles. The van der Waals surface area contributed by atoms with Crippen molar-refractivity contribution in [3.05, 3.63) is 34.9 Å². The average molecular weight is 274 g/mol. The highest BCUT2D eigenvalue weighted by Gasteiger charge is 2.27. The first kappa shape index (κ1) is 13.6. The van der Waals surface area contributed by atoms with Gasteiger partial charge in [-0.05, 0) is 54.6 Å². The van der Waals surface area contributed by atoms with E-state index in [0.717, 1.165) is 43.6 Å². The summed E-state index contributed by atoms with van der Waals surface area (Å²) in [6.45, 7) is 6.39. The van der Waals surface area contributed by atoms with Crippen molar-refractivity contribution >= 4 is 5.91 Å². The number of fused-ring (bicyclic) bond motifs is 1. The third-order valence-corrected chi connectivity index (χ3v) is 4.47. The zero-order chi connectivity index (χ0) is 14.0. The quantitative estimate of drug-likeness (QED) is 0.884. The molecule has 0 aliphatic carbocycles. The Bertz CT molecular complexity index is 507. The Kier molecular flexibility index (Phi) is 3.76. The van der Waals surface area contributed by atoms with Crippen LogP contribution in [0.15, 0.2) is 18.2 Å². The molecule has 2 aliphatic rings. The number of carbonyl (C=O) groups is 1. The van der Waals surface area contributed by atoms with Crippen LogP contribution in [0.1, 0.15) is 41.3 Å². The molecule has 4 nitrogen and oxygen atoms in total. The van der Waals surface area contributed by atoms with Gasteiger partial charge in [-0.2, -0.15) is 0 Å². The van der Waals surface area contributed by atoms with Gasteiger partial charge in [-0.3, -0.25) is 4.79 Å². The predicted octanol–water partition coefficient (Wildman–Crippen LogP) is 1.84. The molecule has 1 saturated heterocycles. The number of hydrogen-bond acceptors (Lipinski definition) is 3. The molecule has 1 amide bonds. The fourth-order valence-corrected chi connectivity index (χ4v) is 2.92. The van der Waals surface area contributed by atoms with Gasteiger partial charge in [0.15, 0.2) is 0 Å². The number of ether oxygens (including phenoxy) is 1. The molecule has 4 heteroatoms. The van der Waals surface area contributed by atoms with Gasteiger partial charge in [0.25, 0.3) is 5.91 Å². The summed E-state index contributed by atoms with van der Waals surface area (Å²) in [5.41, 5.74) is 3.31. The summed E-state index contributed by atoms with van der Waals surface area (Å²) in [6, 6.07) is 5.86. The first-order valence-corrected chi connectivity index (χ1v) is 7.35. The number of nitrogens with one attached hydrogen (secondary N) is 2. The van der Waals surface area contributed by atoms with Crippen LogP contribution in [0.4, 0.5) is 0 Å². The van der Waals surface area contributed by atoms with Gasteiger partial charge in [0.1, 0.15) is 0 Å². The number of amides is 1. The van der Waals surface area contributed by atoms with E-state index < -0.39 is 0 Å². The first-order chi connectivity index (χ1) is 9.66. The van der Waals surface area contributed by atoms with Crippen LogP contribution in [-0.2, 0) is 18.0 Å². The predicted molar refractivity (Wildman–Crippen MR) is 77.5 cm³/mol. The maximum atomic E-state index is 12.3. The third kappa shape index (κ3) is 2.86. The first-order valence-electron chi connectivity index (χ1n) is 7.35. The van der Waals surface area contributed by atoms with Crippen LogP contribution >= 0.6 is 0 Å². The maximum absolute atomic E-state index is 12.3. The number of piperidine rings is 1. The molecule has 20 heavy (non-hydrogen) atoms. The van der Waals surface area contributed by atoms with Crippen molar-refractivity contribution in [1.82, 2.24) is 10.6 Å². The molecular formula is C16H22N2O2. The molecule has 0 radical (unpaired) electrons. The molecule has 0 spiro atoms. The smallest absolute Gasteiger partial charge is 0.251 e. The van der Waals surface area contributed by atoms with Gasteiger partial charge in [0.2, 0.25) is 0 Å². The van der Waals surface area contributed by atoms with Crippen LogP contribution in [0.5, 0.6) is 0 Å². The molecule has 2 heterocycles. The molecule has 0 bridgehead atoms. The zero-order valence-electron chi connectivity index (χ0n) is 12.0. The summed E-state index contributed by atoms with van der Waals surface area (Å²) in [7, 11) is 0. The summed E-state index contributed by atoms with van der Waals surface area (Å²) in [5, 5.41) is 6.45. The van der Waals surface area contributed by atoms with Crippen LogP contribution in [-0.4, -0.2) is 25.5 Å².